The standard InChI is InChI=1S/C16H13NO2/c1-10-3-4-14-13(7-10)9-15(19-14)16(18)12-5-6-17-11(2)8-12/h3-9H,1-2H3. The molecular formula is C16H13NO2. The van der Waals surface area contributed by atoms with E-state index in [1.54, 1.807) is 24.4 Å². The number of hydrogen-bond donors (Lipinski definition) is 0. The highest BCUT2D eigenvalue weighted by molar-refractivity contribution is 6.09. The minimum absolute atomic E-state index is 0.112. The molecule has 3 rings (SSSR count). The van der Waals surface area contributed by atoms with Crippen molar-refractivity contribution >= 4 is 16.8 Å². The van der Waals surface area contributed by atoms with E-state index in [4.69, 9.17) is 4.42 Å². The zero-order valence-electron chi connectivity index (χ0n) is 10.8. The summed E-state index contributed by atoms with van der Waals surface area (Å²) < 4.78 is 5.61. The molecule has 0 aliphatic carbocycles. The largest absolute Gasteiger partial charge is 0.453 e. The van der Waals surface area contributed by atoms with Crippen LogP contribution in [0.3, 0.4) is 0 Å². The number of ketones is 1. The smallest absolute Gasteiger partial charge is 0.228 e. The number of aryl methyl sites for hydroxylation is 2. The van der Waals surface area contributed by atoms with Crippen LogP contribution in [0.15, 0.2) is 47.0 Å². The number of pyridine rings is 1. The van der Waals surface area contributed by atoms with Crippen LogP contribution in [0.2, 0.25) is 0 Å². The van der Waals surface area contributed by atoms with E-state index < -0.39 is 0 Å². The second-order valence-corrected chi connectivity index (χ2v) is 4.67. The van der Waals surface area contributed by atoms with Gasteiger partial charge in [0.25, 0.3) is 0 Å². The highest BCUT2D eigenvalue weighted by atomic mass is 16.3. The van der Waals surface area contributed by atoms with Crippen LogP contribution < -0.4 is 0 Å². The Morgan fingerprint density at radius 3 is 2.74 bits per heavy atom. The Morgan fingerprint density at radius 1 is 1.11 bits per heavy atom. The molecule has 0 aliphatic heterocycles. The number of hydrogen-bond acceptors (Lipinski definition) is 3. The lowest BCUT2D eigenvalue weighted by molar-refractivity contribution is 0.101. The molecule has 0 bridgehead atoms. The predicted octanol–water partition coefficient (Wildman–Crippen LogP) is 3.68. The molecule has 3 aromatic rings. The van der Waals surface area contributed by atoms with Crippen molar-refractivity contribution in [1.29, 1.82) is 0 Å². The van der Waals surface area contributed by atoms with Gasteiger partial charge in [-0.2, -0.15) is 0 Å². The second-order valence-electron chi connectivity index (χ2n) is 4.67. The summed E-state index contributed by atoms with van der Waals surface area (Å²) in [4.78, 5) is 16.4. The molecule has 0 fully saturated rings. The van der Waals surface area contributed by atoms with Gasteiger partial charge >= 0.3 is 0 Å². The molecule has 0 atom stereocenters. The second kappa shape index (κ2) is 4.35. The Hall–Kier alpha value is -2.42. The fourth-order valence-corrected chi connectivity index (χ4v) is 2.10. The normalized spacial score (nSPS) is 10.8. The third-order valence-corrected chi connectivity index (χ3v) is 3.05. The molecule has 0 radical (unpaired) electrons. The summed E-state index contributed by atoms with van der Waals surface area (Å²) in [7, 11) is 0. The molecule has 0 saturated carbocycles. The topological polar surface area (TPSA) is 43.1 Å². The first kappa shape index (κ1) is 11.7. The van der Waals surface area contributed by atoms with Crippen molar-refractivity contribution < 1.29 is 9.21 Å². The Balaban J connectivity index is 2.06. The lowest BCUT2D eigenvalue weighted by atomic mass is 10.1. The first-order chi connectivity index (χ1) is 9.13. The van der Waals surface area contributed by atoms with Crippen LogP contribution in [0.1, 0.15) is 27.4 Å². The fraction of sp³-hybridized carbons (Fsp3) is 0.125. The molecule has 19 heavy (non-hydrogen) atoms. The fourth-order valence-electron chi connectivity index (χ4n) is 2.10. The molecule has 2 aromatic heterocycles. The molecule has 0 aliphatic rings. The van der Waals surface area contributed by atoms with E-state index in [0.717, 1.165) is 22.2 Å². The molecule has 0 N–H and O–H groups in total. The van der Waals surface area contributed by atoms with Gasteiger partial charge in [0.05, 0.1) is 0 Å². The number of furan rings is 1. The predicted molar refractivity (Wildman–Crippen MR) is 73.4 cm³/mol. The van der Waals surface area contributed by atoms with Crippen LogP contribution in [0.4, 0.5) is 0 Å². The van der Waals surface area contributed by atoms with Crippen LogP contribution in [-0.2, 0) is 0 Å². The van der Waals surface area contributed by atoms with E-state index in [2.05, 4.69) is 4.98 Å². The van der Waals surface area contributed by atoms with Crippen LogP contribution in [0, 0.1) is 13.8 Å². The number of rotatable bonds is 2. The first-order valence-electron chi connectivity index (χ1n) is 6.11. The first-order valence-corrected chi connectivity index (χ1v) is 6.11. The van der Waals surface area contributed by atoms with Gasteiger partial charge in [0.15, 0.2) is 5.76 Å². The summed E-state index contributed by atoms with van der Waals surface area (Å²) in [5.74, 6) is 0.255. The van der Waals surface area contributed by atoms with E-state index >= 15 is 0 Å². The molecule has 3 heteroatoms. The molecule has 0 amide bonds. The van der Waals surface area contributed by atoms with Gasteiger partial charge in [-0.15, -0.1) is 0 Å². The Bertz CT molecular complexity index is 771. The number of fused-ring (bicyclic) bond motifs is 1. The minimum Gasteiger partial charge on any atom is -0.453 e. The average molecular weight is 251 g/mol. The molecule has 0 spiro atoms. The Morgan fingerprint density at radius 2 is 1.95 bits per heavy atom. The third kappa shape index (κ3) is 2.15. The number of nitrogens with zero attached hydrogens (tertiary/aromatic N) is 1. The maximum absolute atomic E-state index is 12.3. The number of carbonyl (C=O) groups is 1. The van der Waals surface area contributed by atoms with Crippen LogP contribution in [0.5, 0.6) is 0 Å². The minimum atomic E-state index is -0.112. The molecule has 94 valence electrons. The van der Waals surface area contributed by atoms with Gasteiger partial charge in [-0.1, -0.05) is 11.6 Å². The van der Waals surface area contributed by atoms with Crippen molar-refractivity contribution in [2.45, 2.75) is 13.8 Å². The number of benzene rings is 1. The summed E-state index contributed by atoms with van der Waals surface area (Å²) >= 11 is 0. The SMILES string of the molecule is Cc1ccc2oc(C(=O)c3ccnc(C)c3)cc2c1. The summed E-state index contributed by atoms with van der Waals surface area (Å²) in [6.45, 7) is 3.87. The molecule has 1 aromatic carbocycles. The Kier molecular flexibility index (Phi) is 2.67. The zero-order chi connectivity index (χ0) is 13.4. The molecule has 0 unspecified atom stereocenters. The van der Waals surface area contributed by atoms with E-state index in [-0.39, 0.29) is 5.78 Å². The quantitative estimate of drug-likeness (QED) is 0.652. The summed E-state index contributed by atoms with van der Waals surface area (Å²) in [5, 5.41) is 0.953. The summed E-state index contributed by atoms with van der Waals surface area (Å²) in [6.07, 6.45) is 1.63. The van der Waals surface area contributed by atoms with Gasteiger partial charge in [0.1, 0.15) is 5.58 Å². The monoisotopic (exact) mass is 251 g/mol. The van der Waals surface area contributed by atoms with Crippen molar-refractivity contribution in [1.82, 2.24) is 4.98 Å². The van der Waals surface area contributed by atoms with E-state index in [9.17, 15) is 4.79 Å². The molecule has 3 nitrogen and oxygen atoms in total. The third-order valence-electron chi connectivity index (χ3n) is 3.05. The van der Waals surface area contributed by atoms with E-state index in [0.29, 0.717) is 11.3 Å². The highest BCUT2D eigenvalue weighted by Crippen LogP contribution is 2.22. The molecule has 0 saturated heterocycles. The van der Waals surface area contributed by atoms with Crippen molar-refractivity contribution in [2.75, 3.05) is 0 Å². The van der Waals surface area contributed by atoms with Gasteiger partial charge < -0.3 is 4.42 Å². The number of aromatic nitrogens is 1. The average Bonchev–Trinajstić information content (AvgIpc) is 2.80. The van der Waals surface area contributed by atoms with Crippen LogP contribution >= 0.6 is 0 Å². The van der Waals surface area contributed by atoms with Gasteiger partial charge in [-0.3, -0.25) is 9.78 Å². The van der Waals surface area contributed by atoms with Crippen molar-refractivity contribution in [3.05, 3.63) is 65.2 Å². The van der Waals surface area contributed by atoms with Gasteiger partial charge in [0, 0.05) is 22.8 Å². The van der Waals surface area contributed by atoms with Gasteiger partial charge in [-0.05, 0) is 44.2 Å². The molecule has 2 heterocycles. The number of carbonyl (C=O) groups excluding carboxylic acids is 1. The van der Waals surface area contributed by atoms with E-state index in [1.165, 1.54) is 0 Å². The maximum Gasteiger partial charge on any atom is 0.228 e. The zero-order valence-corrected chi connectivity index (χ0v) is 10.8. The molecular weight excluding hydrogens is 238 g/mol. The van der Waals surface area contributed by atoms with Gasteiger partial charge in [-0.25, -0.2) is 0 Å². The van der Waals surface area contributed by atoms with Crippen molar-refractivity contribution in [3.8, 4) is 0 Å². The van der Waals surface area contributed by atoms with Crippen molar-refractivity contribution in [3.63, 3.8) is 0 Å². The lowest BCUT2D eigenvalue weighted by Crippen LogP contribution is -2.00. The van der Waals surface area contributed by atoms with Crippen LogP contribution in [0.25, 0.3) is 11.0 Å². The summed E-state index contributed by atoms with van der Waals surface area (Å²) in [5.41, 5.74) is 3.30. The highest BCUT2D eigenvalue weighted by Gasteiger charge is 2.14. The van der Waals surface area contributed by atoms with Crippen molar-refractivity contribution in [2.24, 2.45) is 0 Å². The lowest BCUT2D eigenvalue weighted by Gasteiger charge is -1.97. The van der Waals surface area contributed by atoms with Crippen LogP contribution in [-0.4, -0.2) is 10.8 Å². The van der Waals surface area contributed by atoms with Gasteiger partial charge in [0.2, 0.25) is 5.78 Å². The maximum atomic E-state index is 12.3. The summed E-state index contributed by atoms with van der Waals surface area (Å²) in [6, 6.07) is 11.1. The van der Waals surface area contributed by atoms with E-state index in [1.807, 2.05) is 32.0 Å². The Labute approximate surface area is 110 Å².